The molecular formula is C13H12ClN3OS2. The van der Waals surface area contributed by atoms with Crippen LogP contribution in [0.15, 0.2) is 46.1 Å². The number of thioether (sulfide) groups is 2. The van der Waals surface area contributed by atoms with E-state index in [0.717, 1.165) is 16.5 Å². The molecule has 0 fully saturated rings. The maximum absolute atomic E-state index is 11.4. The van der Waals surface area contributed by atoms with Crippen molar-refractivity contribution in [1.29, 1.82) is 0 Å². The standard InChI is InChI=1S/C13H12ClN3OS2/c14-11-10-12(20-9(18)6-15-10)17-13(16-11)19-7-8-4-2-1-3-5-8/h1-5,13,15,17H,6-7H2. The molecule has 0 bridgehead atoms. The molecule has 1 atom stereocenters. The SMILES string of the molecule is O=C1CNC2=C(NC(SCc3ccccc3)N=C2Cl)S1. The van der Waals surface area contributed by atoms with Crippen molar-refractivity contribution in [2.24, 2.45) is 4.99 Å². The molecule has 0 saturated carbocycles. The molecule has 0 aliphatic carbocycles. The third kappa shape index (κ3) is 3.13. The van der Waals surface area contributed by atoms with Gasteiger partial charge in [-0.05, 0) is 17.3 Å². The first-order valence-electron chi connectivity index (χ1n) is 6.07. The summed E-state index contributed by atoms with van der Waals surface area (Å²) in [4.78, 5) is 15.8. The second kappa shape index (κ2) is 6.11. The van der Waals surface area contributed by atoms with Crippen LogP contribution in [-0.2, 0) is 10.5 Å². The second-order valence-electron chi connectivity index (χ2n) is 4.24. The zero-order valence-electron chi connectivity index (χ0n) is 10.4. The Labute approximate surface area is 130 Å². The molecule has 2 N–H and O–H groups in total. The quantitative estimate of drug-likeness (QED) is 0.894. The van der Waals surface area contributed by atoms with Crippen molar-refractivity contribution in [2.75, 3.05) is 6.54 Å². The summed E-state index contributed by atoms with van der Waals surface area (Å²) in [5, 5.41) is 7.51. The number of nitrogens with one attached hydrogen (secondary N) is 2. The summed E-state index contributed by atoms with van der Waals surface area (Å²) in [6, 6.07) is 10.2. The van der Waals surface area contributed by atoms with E-state index in [9.17, 15) is 4.79 Å². The van der Waals surface area contributed by atoms with Gasteiger partial charge in [0, 0.05) is 5.75 Å². The highest BCUT2D eigenvalue weighted by Gasteiger charge is 2.28. The van der Waals surface area contributed by atoms with E-state index >= 15 is 0 Å². The third-order valence-electron chi connectivity index (χ3n) is 2.79. The van der Waals surface area contributed by atoms with E-state index in [0.29, 0.717) is 11.7 Å². The molecule has 104 valence electrons. The van der Waals surface area contributed by atoms with Gasteiger partial charge in [-0.3, -0.25) is 4.79 Å². The summed E-state index contributed by atoms with van der Waals surface area (Å²) < 4.78 is 0. The van der Waals surface area contributed by atoms with Gasteiger partial charge < -0.3 is 10.6 Å². The van der Waals surface area contributed by atoms with Crippen molar-refractivity contribution in [3.05, 3.63) is 46.6 Å². The zero-order chi connectivity index (χ0) is 13.9. The lowest BCUT2D eigenvalue weighted by molar-refractivity contribution is -0.110. The van der Waals surface area contributed by atoms with Crippen molar-refractivity contribution in [3.63, 3.8) is 0 Å². The van der Waals surface area contributed by atoms with E-state index in [1.54, 1.807) is 11.8 Å². The van der Waals surface area contributed by atoms with Gasteiger partial charge in [0.05, 0.1) is 6.54 Å². The van der Waals surface area contributed by atoms with E-state index in [1.807, 2.05) is 18.2 Å². The van der Waals surface area contributed by atoms with Gasteiger partial charge >= 0.3 is 0 Å². The summed E-state index contributed by atoms with van der Waals surface area (Å²) >= 11 is 9.00. The number of nitrogens with zero attached hydrogens (tertiary/aromatic N) is 1. The van der Waals surface area contributed by atoms with Gasteiger partial charge in [-0.1, -0.05) is 41.9 Å². The lowest BCUT2D eigenvalue weighted by Crippen LogP contribution is -2.39. The van der Waals surface area contributed by atoms with Crippen molar-refractivity contribution in [2.45, 2.75) is 11.3 Å². The number of aliphatic imine (C=N–C) groups is 1. The minimum Gasteiger partial charge on any atom is -0.372 e. The van der Waals surface area contributed by atoms with Crippen LogP contribution >= 0.6 is 35.1 Å². The monoisotopic (exact) mass is 325 g/mol. The molecule has 3 rings (SSSR count). The summed E-state index contributed by atoms with van der Waals surface area (Å²) in [6.45, 7) is 0.290. The molecule has 0 spiro atoms. The zero-order valence-corrected chi connectivity index (χ0v) is 12.8. The fourth-order valence-electron chi connectivity index (χ4n) is 1.85. The van der Waals surface area contributed by atoms with Gasteiger partial charge in [-0.2, -0.15) is 0 Å². The Balaban J connectivity index is 1.66. The highest BCUT2D eigenvalue weighted by atomic mass is 35.5. The lowest BCUT2D eigenvalue weighted by Gasteiger charge is -2.28. The predicted octanol–water partition coefficient (Wildman–Crippen LogP) is 2.48. The number of halogens is 1. The van der Waals surface area contributed by atoms with Gasteiger partial charge in [0.25, 0.3) is 0 Å². The van der Waals surface area contributed by atoms with Crippen LogP contribution in [-0.4, -0.2) is 22.3 Å². The average molecular weight is 326 g/mol. The largest absolute Gasteiger partial charge is 0.372 e. The molecule has 2 aliphatic rings. The first-order chi connectivity index (χ1) is 9.72. The molecule has 0 amide bonds. The molecule has 2 heterocycles. The number of hydrogen-bond acceptors (Lipinski definition) is 6. The topological polar surface area (TPSA) is 53.5 Å². The summed E-state index contributed by atoms with van der Waals surface area (Å²) in [5.41, 5.74) is 1.80. The maximum atomic E-state index is 11.4. The minimum atomic E-state index is -0.165. The fourth-order valence-corrected chi connectivity index (χ4v) is 4.04. The van der Waals surface area contributed by atoms with Crippen LogP contribution < -0.4 is 10.6 Å². The summed E-state index contributed by atoms with van der Waals surface area (Å²) in [7, 11) is 0. The highest BCUT2D eigenvalue weighted by molar-refractivity contribution is 8.17. The summed E-state index contributed by atoms with van der Waals surface area (Å²) in [6.07, 6.45) is 0. The van der Waals surface area contributed by atoms with E-state index in [4.69, 9.17) is 11.6 Å². The van der Waals surface area contributed by atoms with Crippen LogP contribution in [0.5, 0.6) is 0 Å². The molecule has 2 aliphatic heterocycles. The van der Waals surface area contributed by atoms with Crippen molar-refractivity contribution >= 4 is 45.4 Å². The van der Waals surface area contributed by atoms with E-state index in [-0.39, 0.29) is 10.6 Å². The first-order valence-corrected chi connectivity index (χ1v) is 8.31. The van der Waals surface area contributed by atoms with E-state index < -0.39 is 0 Å². The van der Waals surface area contributed by atoms with Gasteiger partial charge in [0.2, 0.25) is 5.12 Å². The van der Waals surface area contributed by atoms with Crippen LogP contribution in [0.4, 0.5) is 0 Å². The smallest absolute Gasteiger partial charge is 0.214 e. The van der Waals surface area contributed by atoms with E-state index in [1.165, 1.54) is 17.3 Å². The number of hydrogen-bond donors (Lipinski definition) is 2. The minimum absolute atomic E-state index is 0.0782. The molecular weight excluding hydrogens is 314 g/mol. The molecule has 0 radical (unpaired) electrons. The van der Waals surface area contributed by atoms with Crippen LogP contribution in [0.3, 0.4) is 0 Å². The van der Waals surface area contributed by atoms with E-state index in [2.05, 4.69) is 27.8 Å². The molecule has 0 aromatic heterocycles. The van der Waals surface area contributed by atoms with Crippen molar-refractivity contribution < 1.29 is 4.79 Å². The lowest BCUT2D eigenvalue weighted by atomic mass is 10.2. The Hall–Kier alpha value is -1.11. The van der Waals surface area contributed by atoms with Gasteiger partial charge in [0.15, 0.2) is 10.7 Å². The number of carbonyl (C=O) groups is 1. The molecule has 4 nitrogen and oxygen atoms in total. The number of allylic oxidation sites excluding steroid dienone is 1. The van der Waals surface area contributed by atoms with Crippen LogP contribution in [0.2, 0.25) is 0 Å². The number of rotatable bonds is 3. The molecule has 1 aromatic carbocycles. The predicted molar refractivity (Wildman–Crippen MR) is 85.6 cm³/mol. The highest BCUT2D eigenvalue weighted by Crippen LogP contribution is 2.30. The fraction of sp³-hybridized carbons (Fsp3) is 0.231. The van der Waals surface area contributed by atoms with Crippen molar-refractivity contribution in [3.8, 4) is 0 Å². The maximum Gasteiger partial charge on any atom is 0.214 e. The second-order valence-corrected chi connectivity index (χ2v) is 6.74. The van der Waals surface area contributed by atoms with Crippen molar-refractivity contribution in [1.82, 2.24) is 10.6 Å². The van der Waals surface area contributed by atoms with Crippen LogP contribution in [0.25, 0.3) is 0 Å². The molecule has 7 heteroatoms. The number of benzene rings is 1. The molecule has 20 heavy (non-hydrogen) atoms. The summed E-state index contributed by atoms with van der Waals surface area (Å²) in [5.74, 6) is 0.834. The van der Waals surface area contributed by atoms with Crippen LogP contribution in [0.1, 0.15) is 5.56 Å². The molecule has 1 unspecified atom stereocenters. The van der Waals surface area contributed by atoms with Gasteiger partial charge in [0.1, 0.15) is 10.7 Å². The van der Waals surface area contributed by atoms with Gasteiger partial charge in [-0.15, -0.1) is 11.8 Å². The molecule has 0 saturated heterocycles. The Morgan fingerprint density at radius 2 is 2.20 bits per heavy atom. The Kier molecular flexibility index (Phi) is 4.24. The van der Waals surface area contributed by atoms with Crippen LogP contribution in [0, 0.1) is 0 Å². The third-order valence-corrected chi connectivity index (χ3v) is 5.02. The first kappa shape index (κ1) is 13.9. The Bertz CT molecular complexity index is 589. The molecule has 1 aromatic rings. The van der Waals surface area contributed by atoms with Gasteiger partial charge in [-0.25, -0.2) is 4.99 Å². The Morgan fingerprint density at radius 1 is 1.40 bits per heavy atom. The average Bonchev–Trinajstić information content (AvgIpc) is 2.46. The normalized spacial score (nSPS) is 21.8. The number of carbonyl (C=O) groups excluding carboxylic acids is 1. The Morgan fingerprint density at radius 3 is 3.00 bits per heavy atom.